The summed E-state index contributed by atoms with van der Waals surface area (Å²) in [5.74, 6) is 1.04. The highest BCUT2D eigenvalue weighted by Gasteiger charge is 2.14. The number of fused-ring (bicyclic) bond motifs is 1. The van der Waals surface area contributed by atoms with Crippen LogP contribution in [0.3, 0.4) is 0 Å². The molecule has 0 aliphatic heterocycles. The van der Waals surface area contributed by atoms with Crippen LogP contribution in [0, 0.1) is 0 Å². The van der Waals surface area contributed by atoms with E-state index in [1.165, 1.54) is 0 Å². The molecule has 132 valence electrons. The van der Waals surface area contributed by atoms with Gasteiger partial charge in [-0.2, -0.15) is 0 Å². The van der Waals surface area contributed by atoms with Crippen molar-refractivity contribution in [2.45, 2.75) is 19.4 Å². The van der Waals surface area contributed by atoms with E-state index in [2.05, 4.69) is 15.5 Å². The minimum absolute atomic E-state index is 0.0833. The average molecular weight is 350 g/mol. The predicted octanol–water partition coefficient (Wildman–Crippen LogP) is 3.03. The van der Waals surface area contributed by atoms with Gasteiger partial charge in [-0.1, -0.05) is 23.4 Å². The number of imidazole rings is 1. The van der Waals surface area contributed by atoms with Crippen LogP contribution in [0.25, 0.3) is 22.5 Å². The van der Waals surface area contributed by atoms with Gasteiger partial charge in [0.2, 0.25) is 11.7 Å². The van der Waals surface area contributed by atoms with Crippen LogP contribution in [0.2, 0.25) is 0 Å². The molecule has 4 aromatic rings. The van der Waals surface area contributed by atoms with Gasteiger partial charge in [-0.15, -0.1) is 0 Å². The Morgan fingerprint density at radius 3 is 2.96 bits per heavy atom. The molecule has 0 fully saturated rings. The highest BCUT2D eigenvalue weighted by atomic mass is 16.5. The maximum Gasteiger partial charge on any atom is 0.226 e. The first-order chi connectivity index (χ1) is 12.8. The van der Waals surface area contributed by atoms with Crippen molar-refractivity contribution in [3.63, 3.8) is 0 Å². The number of aryl methyl sites for hydroxylation is 1. The second-order valence-electron chi connectivity index (χ2n) is 6.01. The number of nitrogens with zero attached hydrogens (tertiary/aromatic N) is 3. The molecule has 0 saturated heterocycles. The van der Waals surface area contributed by atoms with Crippen molar-refractivity contribution in [2.75, 3.05) is 6.54 Å². The van der Waals surface area contributed by atoms with Crippen LogP contribution >= 0.6 is 0 Å². The molecule has 0 bridgehead atoms. The van der Waals surface area contributed by atoms with Crippen molar-refractivity contribution in [3.8, 4) is 11.5 Å². The molecule has 4 rings (SSSR count). The summed E-state index contributed by atoms with van der Waals surface area (Å²) >= 11 is 0. The van der Waals surface area contributed by atoms with Gasteiger partial charge in [-0.25, -0.2) is 4.98 Å². The van der Waals surface area contributed by atoms with Crippen LogP contribution in [0.5, 0.6) is 0 Å². The van der Waals surface area contributed by atoms with E-state index in [0.717, 1.165) is 23.9 Å². The molecule has 7 nitrogen and oxygen atoms in total. The molecule has 1 amide bonds. The number of rotatable bonds is 7. The molecule has 3 aromatic heterocycles. The Hall–Kier alpha value is -3.35. The number of nitrogens with one attached hydrogen (secondary N) is 1. The summed E-state index contributed by atoms with van der Waals surface area (Å²) in [5, 5.41) is 7.85. The number of para-hydroxylation sites is 1. The predicted molar refractivity (Wildman–Crippen MR) is 95.3 cm³/mol. The third-order valence-corrected chi connectivity index (χ3v) is 4.04. The van der Waals surface area contributed by atoms with Gasteiger partial charge in [0.1, 0.15) is 5.58 Å². The fourth-order valence-electron chi connectivity index (χ4n) is 2.75. The Balaban J connectivity index is 1.30. The highest BCUT2D eigenvalue weighted by molar-refractivity contribution is 5.82. The number of carbonyl (C=O) groups excluding carboxylic acids is 1. The Bertz CT molecular complexity index is 968. The molecule has 1 aromatic carbocycles. The summed E-state index contributed by atoms with van der Waals surface area (Å²) in [4.78, 5) is 16.0. The Morgan fingerprint density at radius 2 is 2.12 bits per heavy atom. The Kier molecular flexibility index (Phi) is 4.51. The molecule has 1 N–H and O–H groups in total. The Labute approximate surface area is 149 Å². The lowest BCUT2D eigenvalue weighted by molar-refractivity contribution is -0.120. The monoisotopic (exact) mass is 350 g/mol. The number of hydrogen-bond donors (Lipinski definition) is 1. The largest absolute Gasteiger partial charge is 0.453 e. The summed E-state index contributed by atoms with van der Waals surface area (Å²) in [6.07, 6.45) is 6.41. The first kappa shape index (κ1) is 16.1. The van der Waals surface area contributed by atoms with Gasteiger partial charge < -0.3 is 18.8 Å². The average Bonchev–Trinajstić information content (AvgIpc) is 3.38. The van der Waals surface area contributed by atoms with Gasteiger partial charge in [-0.3, -0.25) is 4.79 Å². The first-order valence-corrected chi connectivity index (χ1v) is 8.45. The molecule has 0 aliphatic rings. The summed E-state index contributed by atoms with van der Waals surface area (Å²) < 4.78 is 13.0. The zero-order chi connectivity index (χ0) is 17.8. The standard InChI is InChI=1S/C19H18N4O3/c24-19(21-6-3-8-23-9-7-20-13-23)12-15-11-18(26-22-15)17-10-14-4-1-2-5-16(14)25-17/h1-2,4-5,7,9-11,13H,3,6,8,12H2,(H,21,24). The molecule has 0 atom stereocenters. The first-order valence-electron chi connectivity index (χ1n) is 8.45. The lowest BCUT2D eigenvalue weighted by atomic mass is 10.2. The van der Waals surface area contributed by atoms with Gasteiger partial charge in [0.15, 0.2) is 5.76 Å². The molecule has 26 heavy (non-hydrogen) atoms. The van der Waals surface area contributed by atoms with E-state index in [1.807, 2.05) is 41.1 Å². The quantitative estimate of drug-likeness (QED) is 0.518. The molecular formula is C19H18N4O3. The van der Waals surface area contributed by atoms with Crippen LogP contribution in [0.15, 0.2) is 64.1 Å². The van der Waals surface area contributed by atoms with Gasteiger partial charge in [-0.05, 0) is 18.6 Å². The van der Waals surface area contributed by atoms with Crippen LogP contribution < -0.4 is 5.32 Å². The lowest BCUT2D eigenvalue weighted by Gasteiger charge is -2.04. The number of benzene rings is 1. The molecule has 0 saturated carbocycles. The smallest absolute Gasteiger partial charge is 0.226 e. The third kappa shape index (κ3) is 3.66. The van der Waals surface area contributed by atoms with Gasteiger partial charge >= 0.3 is 0 Å². The van der Waals surface area contributed by atoms with Crippen LogP contribution in [0.1, 0.15) is 12.1 Å². The highest BCUT2D eigenvalue weighted by Crippen LogP contribution is 2.28. The maximum absolute atomic E-state index is 12.0. The van der Waals surface area contributed by atoms with Crippen molar-refractivity contribution in [2.24, 2.45) is 0 Å². The number of hydrogen-bond acceptors (Lipinski definition) is 5. The zero-order valence-corrected chi connectivity index (χ0v) is 14.1. The zero-order valence-electron chi connectivity index (χ0n) is 14.1. The SMILES string of the molecule is O=C(Cc1cc(-c2cc3ccccc3o2)on1)NCCCn1ccnc1. The van der Waals surface area contributed by atoms with Crippen molar-refractivity contribution in [1.29, 1.82) is 0 Å². The van der Waals surface area contributed by atoms with Crippen molar-refractivity contribution in [1.82, 2.24) is 20.0 Å². The van der Waals surface area contributed by atoms with E-state index in [-0.39, 0.29) is 12.3 Å². The van der Waals surface area contributed by atoms with Gasteiger partial charge in [0.05, 0.1) is 18.4 Å². The van der Waals surface area contributed by atoms with Crippen molar-refractivity contribution < 1.29 is 13.7 Å². The molecular weight excluding hydrogens is 332 g/mol. The maximum atomic E-state index is 12.0. The van der Waals surface area contributed by atoms with Crippen molar-refractivity contribution in [3.05, 3.63) is 60.8 Å². The Morgan fingerprint density at radius 1 is 1.19 bits per heavy atom. The van der Waals surface area contributed by atoms with Gasteiger partial charge in [0.25, 0.3) is 0 Å². The molecule has 0 spiro atoms. The molecule has 7 heteroatoms. The minimum atomic E-state index is -0.0833. The van der Waals surface area contributed by atoms with E-state index in [4.69, 9.17) is 8.94 Å². The normalized spacial score (nSPS) is 11.1. The van der Waals surface area contributed by atoms with E-state index < -0.39 is 0 Å². The topological polar surface area (TPSA) is 86.1 Å². The van der Waals surface area contributed by atoms with E-state index in [1.54, 1.807) is 18.6 Å². The molecule has 0 radical (unpaired) electrons. The second-order valence-corrected chi connectivity index (χ2v) is 6.01. The van der Waals surface area contributed by atoms with Gasteiger partial charge in [0, 0.05) is 36.9 Å². The lowest BCUT2D eigenvalue weighted by Crippen LogP contribution is -2.26. The van der Waals surface area contributed by atoms with Crippen molar-refractivity contribution >= 4 is 16.9 Å². The van der Waals surface area contributed by atoms with E-state index in [9.17, 15) is 4.79 Å². The van der Waals surface area contributed by atoms with E-state index >= 15 is 0 Å². The minimum Gasteiger partial charge on any atom is -0.453 e. The number of aromatic nitrogens is 3. The summed E-state index contributed by atoms with van der Waals surface area (Å²) in [7, 11) is 0. The summed E-state index contributed by atoms with van der Waals surface area (Å²) in [5.41, 5.74) is 1.36. The van der Waals surface area contributed by atoms with E-state index in [0.29, 0.717) is 23.8 Å². The fraction of sp³-hybridized carbons (Fsp3) is 0.211. The summed E-state index contributed by atoms with van der Waals surface area (Å²) in [6.45, 7) is 1.42. The van der Waals surface area contributed by atoms with Crippen LogP contribution in [-0.4, -0.2) is 27.2 Å². The number of furan rings is 1. The second kappa shape index (κ2) is 7.26. The van der Waals surface area contributed by atoms with Crippen LogP contribution in [-0.2, 0) is 17.8 Å². The molecule has 3 heterocycles. The molecule has 0 unspecified atom stereocenters. The fourth-order valence-corrected chi connectivity index (χ4v) is 2.75. The number of amides is 1. The summed E-state index contributed by atoms with van der Waals surface area (Å²) in [6, 6.07) is 11.4. The molecule has 0 aliphatic carbocycles. The number of carbonyl (C=O) groups is 1. The third-order valence-electron chi connectivity index (χ3n) is 4.04. The van der Waals surface area contributed by atoms with Crippen LogP contribution in [0.4, 0.5) is 0 Å².